The molecule has 0 aromatic carbocycles. The monoisotopic (exact) mass is 251 g/mol. The van der Waals surface area contributed by atoms with Crippen molar-refractivity contribution in [3.63, 3.8) is 0 Å². The summed E-state index contributed by atoms with van der Waals surface area (Å²) in [5.74, 6) is 0.498. The van der Waals surface area contributed by atoms with E-state index in [1.165, 1.54) is 18.7 Å². The Bertz CT molecular complexity index is 252. The zero-order chi connectivity index (χ0) is 12.3. The first-order valence-electron chi connectivity index (χ1n) is 5.00. The number of thioether (sulfide) groups is 1. The summed E-state index contributed by atoms with van der Waals surface area (Å²) < 4.78 is 0. The van der Waals surface area contributed by atoms with Crippen molar-refractivity contribution in [1.82, 2.24) is 5.32 Å². The topological polar surface area (TPSA) is 110 Å². The van der Waals surface area contributed by atoms with E-state index in [2.05, 4.69) is 5.32 Å². The predicted octanol–water partition coefficient (Wildman–Crippen LogP) is -2.32. The number of aliphatic hydroxyl groups excluding tert-OH is 4. The Kier molecular flexibility index (Phi) is 5.16. The van der Waals surface area contributed by atoms with Crippen LogP contribution in [0.25, 0.3) is 0 Å². The normalized spacial score (nSPS) is 31.1. The van der Waals surface area contributed by atoms with Gasteiger partial charge in [-0.3, -0.25) is 10.1 Å². The van der Waals surface area contributed by atoms with E-state index in [1.807, 2.05) is 0 Å². The third-order valence-electron chi connectivity index (χ3n) is 2.54. The van der Waals surface area contributed by atoms with Gasteiger partial charge < -0.3 is 20.4 Å². The smallest absolute Gasteiger partial charge is 0.147 e. The van der Waals surface area contributed by atoms with E-state index in [9.17, 15) is 15.0 Å². The molecule has 0 radical (unpaired) electrons. The first kappa shape index (κ1) is 13.9. The maximum atomic E-state index is 11.1. The predicted molar refractivity (Wildman–Crippen MR) is 59.0 cm³/mol. The quantitative estimate of drug-likeness (QED) is 0.373. The second kappa shape index (κ2) is 5.95. The van der Waals surface area contributed by atoms with Gasteiger partial charge in [-0.05, 0) is 6.92 Å². The number of hydrogen-bond acceptors (Lipinski definition) is 7. The lowest BCUT2D eigenvalue weighted by Crippen LogP contribution is -2.50. The number of rotatable bonds is 5. The van der Waals surface area contributed by atoms with Gasteiger partial charge in [0.1, 0.15) is 24.1 Å². The van der Waals surface area contributed by atoms with Crippen molar-refractivity contribution in [2.75, 3.05) is 12.4 Å². The van der Waals surface area contributed by atoms with Crippen LogP contribution in [0, 0.1) is 0 Å². The molecule has 0 saturated carbocycles. The van der Waals surface area contributed by atoms with E-state index in [0.717, 1.165) is 0 Å². The molecule has 0 amide bonds. The molecule has 94 valence electrons. The molecule has 1 fully saturated rings. The molecular formula is C9H17NO5S. The van der Waals surface area contributed by atoms with Gasteiger partial charge in [-0.1, -0.05) is 0 Å². The molecule has 1 rings (SSSR count). The average Bonchev–Trinajstić information content (AvgIpc) is 2.75. The lowest BCUT2D eigenvalue weighted by atomic mass is 10.1. The molecule has 1 aliphatic heterocycles. The summed E-state index contributed by atoms with van der Waals surface area (Å²) >= 11 is 1.31. The van der Waals surface area contributed by atoms with Crippen LogP contribution >= 0.6 is 11.8 Å². The molecule has 1 heterocycles. The summed E-state index contributed by atoms with van der Waals surface area (Å²) in [7, 11) is 0. The highest BCUT2D eigenvalue weighted by atomic mass is 32.2. The van der Waals surface area contributed by atoms with E-state index in [4.69, 9.17) is 10.2 Å². The summed E-state index contributed by atoms with van der Waals surface area (Å²) in [6.07, 6.45) is -4.04. The van der Waals surface area contributed by atoms with Crippen LogP contribution in [0.15, 0.2) is 0 Å². The Morgan fingerprint density at radius 3 is 2.56 bits per heavy atom. The van der Waals surface area contributed by atoms with Gasteiger partial charge in [0.05, 0.1) is 18.0 Å². The van der Waals surface area contributed by atoms with Gasteiger partial charge in [-0.2, -0.15) is 0 Å². The van der Waals surface area contributed by atoms with Crippen molar-refractivity contribution in [2.45, 2.75) is 36.7 Å². The number of aliphatic hydroxyl groups is 4. The molecule has 5 N–H and O–H groups in total. The maximum absolute atomic E-state index is 11.1. The lowest BCUT2D eigenvalue weighted by molar-refractivity contribution is -0.118. The van der Waals surface area contributed by atoms with Crippen molar-refractivity contribution < 1.29 is 25.2 Å². The number of nitrogens with one attached hydrogen (secondary N) is 1. The first-order chi connectivity index (χ1) is 7.47. The van der Waals surface area contributed by atoms with Crippen LogP contribution in [0.3, 0.4) is 0 Å². The number of hydrogen-bond donors (Lipinski definition) is 5. The fraction of sp³-hybridized carbons (Fsp3) is 0.889. The Hall–Kier alpha value is -0.180. The first-order valence-corrected chi connectivity index (χ1v) is 6.05. The highest BCUT2D eigenvalue weighted by molar-refractivity contribution is 8.00. The van der Waals surface area contributed by atoms with Crippen LogP contribution < -0.4 is 5.32 Å². The number of carbonyl (C=O) groups is 1. The molecule has 1 saturated heterocycles. The second-order valence-electron chi connectivity index (χ2n) is 3.81. The standard InChI is InChI=1S/C9H17NO5S/c1-4(12)5-3-16-9(10-5)8(15)7(14)6(13)2-11/h5-11,13-15H,2-3H2,1H3. The third-order valence-corrected chi connectivity index (χ3v) is 3.84. The van der Waals surface area contributed by atoms with Gasteiger partial charge in [-0.25, -0.2) is 0 Å². The molecule has 6 nitrogen and oxygen atoms in total. The van der Waals surface area contributed by atoms with Crippen LogP contribution in [-0.2, 0) is 4.79 Å². The van der Waals surface area contributed by atoms with Crippen molar-refractivity contribution in [1.29, 1.82) is 0 Å². The van der Waals surface area contributed by atoms with Crippen LogP contribution in [0.2, 0.25) is 0 Å². The Labute approximate surface area is 97.7 Å². The zero-order valence-electron chi connectivity index (χ0n) is 8.91. The van der Waals surface area contributed by atoms with Gasteiger partial charge in [0.2, 0.25) is 0 Å². The number of carbonyl (C=O) groups excluding carboxylic acids is 1. The Balaban J connectivity index is 2.50. The van der Waals surface area contributed by atoms with Crippen LogP contribution in [-0.4, -0.2) is 68.3 Å². The van der Waals surface area contributed by atoms with E-state index >= 15 is 0 Å². The fourth-order valence-electron chi connectivity index (χ4n) is 1.44. The molecule has 0 aromatic rings. The van der Waals surface area contributed by atoms with Gasteiger partial charge in [0.25, 0.3) is 0 Å². The highest BCUT2D eigenvalue weighted by Crippen LogP contribution is 2.24. The molecule has 0 aliphatic carbocycles. The average molecular weight is 251 g/mol. The summed E-state index contributed by atoms with van der Waals surface area (Å²) in [4.78, 5) is 11.1. The van der Waals surface area contributed by atoms with E-state index in [0.29, 0.717) is 5.75 Å². The van der Waals surface area contributed by atoms with E-state index in [-0.39, 0.29) is 11.8 Å². The van der Waals surface area contributed by atoms with Crippen molar-refractivity contribution in [3.8, 4) is 0 Å². The number of Topliss-reactive ketones (excluding diaryl/α,β-unsaturated/α-hetero) is 1. The third kappa shape index (κ3) is 3.16. The minimum absolute atomic E-state index is 0.0283. The second-order valence-corrected chi connectivity index (χ2v) is 4.99. The van der Waals surface area contributed by atoms with Crippen molar-refractivity contribution in [3.05, 3.63) is 0 Å². The number of ketones is 1. The molecule has 1 aliphatic rings. The van der Waals surface area contributed by atoms with Crippen molar-refractivity contribution in [2.24, 2.45) is 0 Å². The Morgan fingerprint density at radius 2 is 2.12 bits per heavy atom. The minimum atomic E-state index is -1.43. The summed E-state index contributed by atoms with van der Waals surface area (Å²) in [5, 5.41) is 39.3. The van der Waals surface area contributed by atoms with Gasteiger partial charge in [0, 0.05) is 5.75 Å². The molecule has 0 spiro atoms. The summed E-state index contributed by atoms with van der Waals surface area (Å²) in [5.41, 5.74) is 0. The van der Waals surface area contributed by atoms with E-state index < -0.39 is 30.3 Å². The largest absolute Gasteiger partial charge is 0.394 e. The van der Waals surface area contributed by atoms with E-state index in [1.54, 1.807) is 0 Å². The van der Waals surface area contributed by atoms with Crippen molar-refractivity contribution >= 4 is 17.5 Å². The molecule has 7 heteroatoms. The Morgan fingerprint density at radius 1 is 1.50 bits per heavy atom. The summed E-state index contributed by atoms with van der Waals surface area (Å²) in [6, 6.07) is -0.330. The SMILES string of the molecule is CC(=O)C1CSC(C(O)C(O)C(O)CO)N1. The molecule has 0 bridgehead atoms. The van der Waals surface area contributed by atoms with Gasteiger partial charge in [-0.15, -0.1) is 11.8 Å². The van der Waals surface area contributed by atoms with Gasteiger partial charge in [0.15, 0.2) is 0 Å². The van der Waals surface area contributed by atoms with Crippen LogP contribution in [0.1, 0.15) is 6.92 Å². The zero-order valence-corrected chi connectivity index (χ0v) is 9.72. The maximum Gasteiger partial charge on any atom is 0.147 e. The molecular weight excluding hydrogens is 234 g/mol. The highest BCUT2D eigenvalue weighted by Gasteiger charge is 2.37. The van der Waals surface area contributed by atoms with Crippen LogP contribution in [0.5, 0.6) is 0 Å². The minimum Gasteiger partial charge on any atom is -0.394 e. The molecule has 0 aromatic heterocycles. The van der Waals surface area contributed by atoms with Crippen LogP contribution in [0.4, 0.5) is 0 Å². The van der Waals surface area contributed by atoms with Gasteiger partial charge >= 0.3 is 0 Å². The molecule has 16 heavy (non-hydrogen) atoms. The molecule has 5 atom stereocenters. The fourth-order valence-corrected chi connectivity index (χ4v) is 2.79. The lowest BCUT2D eigenvalue weighted by Gasteiger charge is -2.26. The summed E-state index contributed by atoms with van der Waals surface area (Å²) in [6.45, 7) is 0.831. The molecule has 5 unspecified atom stereocenters.